The molecular formula is C16H12ClN3O3S. The third-order valence-corrected chi connectivity index (χ3v) is 4.36. The highest BCUT2D eigenvalue weighted by atomic mass is 35.5. The smallest absolute Gasteiger partial charge is 0.293 e. The van der Waals surface area contributed by atoms with E-state index in [0.29, 0.717) is 26.4 Å². The SMILES string of the molecule is Cc1nc(NC(=O)c2ccco2)sc1C(=O)Nc1cccc(Cl)c1. The van der Waals surface area contributed by atoms with Crippen molar-refractivity contribution in [1.82, 2.24) is 4.98 Å². The molecular weight excluding hydrogens is 350 g/mol. The maximum absolute atomic E-state index is 12.4. The fraction of sp³-hybridized carbons (Fsp3) is 0.0625. The maximum Gasteiger partial charge on any atom is 0.293 e. The quantitative estimate of drug-likeness (QED) is 0.729. The van der Waals surface area contributed by atoms with E-state index in [0.717, 1.165) is 11.3 Å². The molecule has 6 nitrogen and oxygen atoms in total. The van der Waals surface area contributed by atoms with E-state index in [1.54, 1.807) is 43.3 Å². The number of nitrogens with zero attached hydrogens (tertiary/aromatic N) is 1. The number of furan rings is 1. The summed E-state index contributed by atoms with van der Waals surface area (Å²) in [5.74, 6) is -0.561. The van der Waals surface area contributed by atoms with Crippen LogP contribution in [0.2, 0.25) is 5.02 Å². The van der Waals surface area contributed by atoms with Crippen LogP contribution in [-0.4, -0.2) is 16.8 Å². The number of hydrogen-bond donors (Lipinski definition) is 2. The number of aryl methyl sites for hydroxylation is 1. The molecule has 8 heteroatoms. The van der Waals surface area contributed by atoms with Crippen molar-refractivity contribution in [2.45, 2.75) is 6.92 Å². The lowest BCUT2D eigenvalue weighted by Crippen LogP contribution is -2.11. The molecule has 24 heavy (non-hydrogen) atoms. The minimum Gasteiger partial charge on any atom is -0.459 e. The largest absolute Gasteiger partial charge is 0.459 e. The summed E-state index contributed by atoms with van der Waals surface area (Å²) in [4.78, 5) is 28.9. The molecule has 0 unspecified atom stereocenters. The molecule has 0 saturated heterocycles. The van der Waals surface area contributed by atoms with Gasteiger partial charge < -0.3 is 9.73 Å². The standard InChI is InChI=1S/C16H12ClN3O3S/c1-9-13(15(22)19-11-5-2-4-10(17)8-11)24-16(18-9)20-14(21)12-6-3-7-23-12/h2-8H,1H3,(H,19,22)(H,18,20,21). The second kappa shape index (κ2) is 6.86. The summed E-state index contributed by atoms with van der Waals surface area (Å²) in [6.45, 7) is 1.70. The zero-order valence-electron chi connectivity index (χ0n) is 12.5. The summed E-state index contributed by atoms with van der Waals surface area (Å²) in [6.07, 6.45) is 1.41. The molecule has 3 rings (SSSR count). The average Bonchev–Trinajstić information content (AvgIpc) is 3.17. The highest BCUT2D eigenvalue weighted by molar-refractivity contribution is 7.17. The number of benzene rings is 1. The van der Waals surface area contributed by atoms with Crippen molar-refractivity contribution in [2.75, 3.05) is 10.6 Å². The molecule has 0 spiro atoms. The highest BCUT2D eigenvalue weighted by Gasteiger charge is 2.18. The first-order valence-corrected chi connectivity index (χ1v) is 8.11. The van der Waals surface area contributed by atoms with Gasteiger partial charge in [-0.2, -0.15) is 0 Å². The number of anilines is 2. The Balaban J connectivity index is 1.73. The van der Waals surface area contributed by atoms with Gasteiger partial charge in [0.1, 0.15) is 4.88 Å². The third kappa shape index (κ3) is 3.64. The fourth-order valence-electron chi connectivity index (χ4n) is 1.98. The zero-order chi connectivity index (χ0) is 17.1. The van der Waals surface area contributed by atoms with Crippen molar-refractivity contribution in [3.05, 3.63) is 64.0 Å². The maximum atomic E-state index is 12.4. The van der Waals surface area contributed by atoms with Gasteiger partial charge in [0.2, 0.25) is 0 Å². The lowest BCUT2D eigenvalue weighted by molar-refractivity contribution is 0.0994. The summed E-state index contributed by atoms with van der Waals surface area (Å²) in [5.41, 5.74) is 1.11. The molecule has 2 aromatic heterocycles. The van der Waals surface area contributed by atoms with Crippen molar-refractivity contribution in [3.63, 3.8) is 0 Å². The van der Waals surface area contributed by atoms with Crippen molar-refractivity contribution >= 4 is 45.6 Å². The van der Waals surface area contributed by atoms with Crippen LogP contribution < -0.4 is 10.6 Å². The van der Waals surface area contributed by atoms with Gasteiger partial charge in [-0.1, -0.05) is 29.0 Å². The van der Waals surface area contributed by atoms with Gasteiger partial charge in [-0.25, -0.2) is 4.98 Å². The van der Waals surface area contributed by atoms with Crippen LogP contribution in [0.15, 0.2) is 47.1 Å². The van der Waals surface area contributed by atoms with Crippen molar-refractivity contribution in [3.8, 4) is 0 Å². The molecule has 0 aliphatic carbocycles. The van der Waals surface area contributed by atoms with Gasteiger partial charge in [0, 0.05) is 10.7 Å². The van der Waals surface area contributed by atoms with E-state index in [-0.39, 0.29) is 11.7 Å². The number of hydrogen-bond acceptors (Lipinski definition) is 5. The Morgan fingerprint density at radius 1 is 1.17 bits per heavy atom. The molecule has 0 radical (unpaired) electrons. The number of halogens is 1. The van der Waals surface area contributed by atoms with Gasteiger partial charge in [-0.05, 0) is 37.3 Å². The van der Waals surface area contributed by atoms with Crippen molar-refractivity contribution in [2.24, 2.45) is 0 Å². The number of thiazole rings is 1. The number of aromatic nitrogens is 1. The minimum absolute atomic E-state index is 0.174. The van der Waals surface area contributed by atoms with E-state index in [2.05, 4.69) is 15.6 Å². The van der Waals surface area contributed by atoms with Gasteiger partial charge in [-0.3, -0.25) is 14.9 Å². The summed E-state index contributed by atoms with van der Waals surface area (Å²) < 4.78 is 5.02. The van der Waals surface area contributed by atoms with Gasteiger partial charge in [0.25, 0.3) is 11.8 Å². The summed E-state index contributed by atoms with van der Waals surface area (Å²) in [5, 5.41) is 6.21. The molecule has 2 amide bonds. The molecule has 2 N–H and O–H groups in total. The van der Waals surface area contributed by atoms with Crippen LogP contribution >= 0.6 is 22.9 Å². The molecule has 2 heterocycles. The topological polar surface area (TPSA) is 84.2 Å². The Labute approximate surface area is 146 Å². The van der Waals surface area contributed by atoms with Crippen molar-refractivity contribution in [1.29, 1.82) is 0 Å². The predicted octanol–water partition coefficient (Wildman–Crippen LogP) is 4.20. The van der Waals surface area contributed by atoms with E-state index in [1.807, 2.05) is 0 Å². The van der Waals surface area contributed by atoms with Gasteiger partial charge in [-0.15, -0.1) is 0 Å². The number of nitrogens with one attached hydrogen (secondary N) is 2. The second-order valence-electron chi connectivity index (χ2n) is 4.83. The molecule has 1 aromatic carbocycles. The summed E-state index contributed by atoms with van der Waals surface area (Å²) in [7, 11) is 0. The van der Waals surface area contributed by atoms with Gasteiger partial charge >= 0.3 is 0 Å². The van der Waals surface area contributed by atoms with Gasteiger partial charge in [0.05, 0.1) is 12.0 Å². The molecule has 0 fully saturated rings. The first kappa shape index (κ1) is 16.2. The molecule has 0 atom stereocenters. The predicted molar refractivity (Wildman–Crippen MR) is 92.9 cm³/mol. The first-order valence-electron chi connectivity index (χ1n) is 6.92. The average molecular weight is 362 g/mol. The molecule has 0 aliphatic rings. The lowest BCUT2D eigenvalue weighted by atomic mass is 10.3. The molecule has 0 saturated carbocycles. The van der Waals surface area contributed by atoms with E-state index >= 15 is 0 Å². The van der Waals surface area contributed by atoms with Crippen LogP contribution in [-0.2, 0) is 0 Å². The lowest BCUT2D eigenvalue weighted by Gasteiger charge is -2.04. The van der Waals surface area contributed by atoms with Crippen LogP contribution in [0.3, 0.4) is 0 Å². The highest BCUT2D eigenvalue weighted by Crippen LogP contribution is 2.25. The second-order valence-corrected chi connectivity index (χ2v) is 6.26. The molecule has 3 aromatic rings. The molecule has 0 bridgehead atoms. The van der Waals surface area contributed by atoms with E-state index < -0.39 is 5.91 Å². The normalized spacial score (nSPS) is 10.4. The Kier molecular flexibility index (Phi) is 4.64. The minimum atomic E-state index is -0.421. The van der Waals surface area contributed by atoms with E-state index in [4.69, 9.17) is 16.0 Å². The van der Waals surface area contributed by atoms with Crippen LogP contribution in [0, 0.1) is 6.92 Å². The number of rotatable bonds is 4. The Morgan fingerprint density at radius 3 is 2.71 bits per heavy atom. The van der Waals surface area contributed by atoms with Crippen LogP contribution in [0.4, 0.5) is 10.8 Å². The Bertz CT molecular complexity index is 890. The number of carbonyl (C=O) groups is 2. The fourth-order valence-corrected chi connectivity index (χ4v) is 3.03. The number of carbonyl (C=O) groups excluding carboxylic acids is 2. The van der Waals surface area contributed by atoms with Gasteiger partial charge in [0.15, 0.2) is 10.9 Å². The zero-order valence-corrected chi connectivity index (χ0v) is 14.1. The van der Waals surface area contributed by atoms with Crippen LogP contribution in [0.25, 0.3) is 0 Å². The third-order valence-electron chi connectivity index (χ3n) is 3.05. The Hall–Kier alpha value is -2.64. The summed E-state index contributed by atoms with van der Waals surface area (Å²) in [6, 6.07) is 10.0. The van der Waals surface area contributed by atoms with E-state index in [1.165, 1.54) is 6.26 Å². The Morgan fingerprint density at radius 2 is 2.00 bits per heavy atom. The molecule has 0 aliphatic heterocycles. The molecule has 122 valence electrons. The first-order chi connectivity index (χ1) is 11.5. The summed E-state index contributed by atoms with van der Waals surface area (Å²) >= 11 is 6.99. The van der Waals surface area contributed by atoms with E-state index in [9.17, 15) is 9.59 Å². The van der Waals surface area contributed by atoms with Crippen LogP contribution in [0.1, 0.15) is 25.9 Å². The van der Waals surface area contributed by atoms with Crippen molar-refractivity contribution < 1.29 is 14.0 Å². The monoisotopic (exact) mass is 361 g/mol. The van der Waals surface area contributed by atoms with Crippen LogP contribution in [0.5, 0.6) is 0 Å². The number of amides is 2.